The van der Waals surface area contributed by atoms with E-state index in [0.29, 0.717) is 0 Å². The molecule has 1 atom stereocenters. The van der Waals surface area contributed by atoms with Crippen LogP contribution >= 0.6 is 0 Å². The summed E-state index contributed by atoms with van der Waals surface area (Å²) in [6.45, 7) is 4.91. The third kappa shape index (κ3) is 1.39. The number of hydrogen-bond acceptors (Lipinski definition) is 1. The summed E-state index contributed by atoms with van der Waals surface area (Å²) in [4.78, 5) is 2.55. The number of nitrogens with zero attached hydrogens (tertiary/aromatic N) is 1. The van der Waals surface area contributed by atoms with Gasteiger partial charge in [-0.05, 0) is 25.2 Å². The van der Waals surface area contributed by atoms with Crippen molar-refractivity contribution in [2.45, 2.75) is 26.2 Å². The molecule has 0 spiro atoms. The molecule has 1 saturated heterocycles. The monoisotopic (exact) mass is 157 g/mol. The molecule has 0 radical (unpaired) electrons. The van der Waals surface area contributed by atoms with Crippen LogP contribution in [0.4, 0.5) is 4.70 Å². The van der Waals surface area contributed by atoms with Gasteiger partial charge in [-0.2, -0.15) is 0 Å². The van der Waals surface area contributed by atoms with E-state index in [1.54, 1.807) is 5.70 Å². The molecule has 0 saturated carbocycles. The van der Waals surface area contributed by atoms with Gasteiger partial charge in [0.05, 0.1) is 0 Å². The quantitative estimate of drug-likeness (QED) is 0.563. The Kier molecular flexibility index (Phi) is 2.53. The zero-order valence-corrected chi connectivity index (χ0v) is 7.05. The second kappa shape index (κ2) is 3.24. The van der Waals surface area contributed by atoms with Crippen molar-refractivity contribution in [1.29, 1.82) is 0 Å². The lowest BCUT2D eigenvalue weighted by molar-refractivity contribution is 0.381. The molecule has 0 amide bonds. The van der Waals surface area contributed by atoms with E-state index in [2.05, 4.69) is 17.9 Å². The summed E-state index contributed by atoms with van der Waals surface area (Å²) in [6, 6.07) is 0. The fraction of sp³-hybridized carbons (Fsp3) is 0.778. The average Bonchev–Trinajstić information content (AvgIpc) is 2.42. The van der Waals surface area contributed by atoms with Gasteiger partial charge in [-0.15, -0.1) is 0 Å². The van der Waals surface area contributed by atoms with Crippen LogP contribution in [0.5, 0.6) is 0 Å². The van der Waals surface area contributed by atoms with Gasteiger partial charge in [0.25, 0.3) is 0 Å². The number of rotatable bonds is 1. The first-order valence-electron chi connectivity index (χ1n) is 4.36. The van der Waals surface area contributed by atoms with Gasteiger partial charge in [-0.1, -0.05) is 13.0 Å². The van der Waals surface area contributed by atoms with Crippen LogP contribution in [-0.2, 0) is 0 Å². The Morgan fingerprint density at radius 2 is 2.45 bits per heavy atom. The van der Waals surface area contributed by atoms with Crippen molar-refractivity contribution in [2.24, 2.45) is 5.92 Å². The zero-order chi connectivity index (χ0) is 6.97. The molecule has 1 fully saturated rings. The standard InChI is InChI=1S/C9H15N.FH/c1-2-8-6-9-4-3-5-10(9)7-8;/h6,8H,2-5,7H2,1H3;1H/t8-;/m1./s1. The van der Waals surface area contributed by atoms with Crippen LogP contribution in [0.15, 0.2) is 11.8 Å². The summed E-state index contributed by atoms with van der Waals surface area (Å²) in [5.74, 6) is 0.871. The lowest BCUT2D eigenvalue weighted by Gasteiger charge is -2.14. The fourth-order valence-electron chi connectivity index (χ4n) is 2.00. The molecule has 0 aliphatic carbocycles. The summed E-state index contributed by atoms with van der Waals surface area (Å²) in [6.07, 6.45) is 6.53. The van der Waals surface area contributed by atoms with Crippen LogP contribution in [0, 0.1) is 5.92 Å². The zero-order valence-electron chi connectivity index (χ0n) is 7.05. The van der Waals surface area contributed by atoms with Crippen LogP contribution in [0.2, 0.25) is 0 Å². The van der Waals surface area contributed by atoms with E-state index in [1.165, 1.54) is 32.4 Å². The maximum atomic E-state index is 2.55. The van der Waals surface area contributed by atoms with Gasteiger partial charge in [0.15, 0.2) is 0 Å². The molecule has 2 heterocycles. The number of allylic oxidation sites excluding steroid dienone is 1. The summed E-state index contributed by atoms with van der Waals surface area (Å²) >= 11 is 0. The van der Waals surface area contributed by atoms with Crippen LogP contribution in [-0.4, -0.2) is 18.0 Å². The van der Waals surface area contributed by atoms with Crippen molar-refractivity contribution < 1.29 is 4.70 Å². The van der Waals surface area contributed by atoms with Crippen LogP contribution in [0.1, 0.15) is 26.2 Å². The Hall–Kier alpha value is -0.530. The van der Waals surface area contributed by atoms with Gasteiger partial charge in [0.2, 0.25) is 0 Å². The fourth-order valence-corrected chi connectivity index (χ4v) is 2.00. The Balaban J connectivity index is 0.000000605. The van der Waals surface area contributed by atoms with E-state index in [0.717, 1.165) is 5.92 Å². The average molecular weight is 157 g/mol. The predicted molar refractivity (Wildman–Crippen MR) is 45.2 cm³/mol. The van der Waals surface area contributed by atoms with Crippen molar-refractivity contribution >= 4 is 0 Å². The summed E-state index contributed by atoms with van der Waals surface area (Å²) in [5, 5.41) is 0. The molecule has 0 N–H and O–H groups in total. The summed E-state index contributed by atoms with van der Waals surface area (Å²) < 4.78 is 0. The highest BCUT2D eigenvalue weighted by Gasteiger charge is 2.25. The first-order valence-corrected chi connectivity index (χ1v) is 4.36. The predicted octanol–water partition coefficient (Wildman–Crippen LogP) is 2.16. The molecular formula is C9H16FN. The summed E-state index contributed by atoms with van der Waals surface area (Å²) in [7, 11) is 0. The van der Waals surface area contributed by atoms with Gasteiger partial charge in [-0.25, -0.2) is 0 Å². The van der Waals surface area contributed by atoms with Crippen LogP contribution in [0.25, 0.3) is 0 Å². The summed E-state index contributed by atoms with van der Waals surface area (Å²) in [5.41, 5.74) is 1.63. The van der Waals surface area contributed by atoms with E-state index in [-0.39, 0.29) is 4.70 Å². The number of hydrogen-bond donors (Lipinski definition) is 0. The highest BCUT2D eigenvalue weighted by molar-refractivity contribution is 5.14. The van der Waals surface area contributed by atoms with Crippen molar-refractivity contribution in [1.82, 2.24) is 4.90 Å². The van der Waals surface area contributed by atoms with Crippen molar-refractivity contribution in [2.75, 3.05) is 13.1 Å². The van der Waals surface area contributed by atoms with Gasteiger partial charge in [0, 0.05) is 18.8 Å². The third-order valence-corrected chi connectivity index (χ3v) is 2.67. The first-order chi connectivity index (χ1) is 4.90. The van der Waals surface area contributed by atoms with E-state index in [4.69, 9.17) is 0 Å². The normalized spacial score (nSPS) is 27.9. The minimum absolute atomic E-state index is 0. The molecule has 0 aromatic carbocycles. The molecule has 2 aliphatic heterocycles. The van der Waals surface area contributed by atoms with Crippen molar-refractivity contribution in [3.63, 3.8) is 0 Å². The largest absolute Gasteiger partial charge is 0.374 e. The second-order valence-corrected chi connectivity index (χ2v) is 3.38. The lowest BCUT2D eigenvalue weighted by atomic mass is 10.1. The van der Waals surface area contributed by atoms with E-state index in [9.17, 15) is 0 Å². The molecule has 1 nitrogen and oxygen atoms in total. The Morgan fingerprint density at radius 3 is 3.09 bits per heavy atom. The van der Waals surface area contributed by atoms with Gasteiger partial charge in [-0.3, -0.25) is 4.70 Å². The highest BCUT2D eigenvalue weighted by atomic mass is 19.0. The second-order valence-electron chi connectivity index (χ2n) is 3.38. The molecular weight excluding hydrogens is 141 g/mol. The van der Waals surface area contributed by atoms with Crippen LogP contribution < -0.4 is 0 Å². The molecule has 0 bridgehead atoms. The molecule has 2 heteroatoms. The molecule has 2 rings (SSSR count). The van der Waals surface area contributed by atoms with Crippen LogP contribution in [0.3, 0.4) is 0 Å². The minimum atomic E-state index is 0. The van der Waals surface area contributed by atoms with Gasteiger partial charge in [0.1, 0.15) is 0 Å². The Bertz CT molecular complexity index is 165. The van der Waals surface area contributed by atoms with E-state index in [1.807, 2.05) is 0 Å². The van der Waals surface area contributed by atoms with E-state index >= 15 is 0 Å². The Labute approximate surface area is 67.4 Å². The number of halogens is 1. The SMILES string of the molecule is CC[C@@H]1C=C2CCCN2C1.F. The lowest BCUT2D eigenvalue weighted by Crippen LogP contribution is -2.17. The van der Waals surface area contributed by atoms with Gasteiger partial charge >= 0.3 is 0 Å². The third-order valence-electron chi connectivity index (χ3n) is 2.67. The topological polar surface area (TPSA) is 3.24 Å². The highest BCUT2D eigenvalue weighted by Crippen LogP contribution is 2.30. The van der Waals surface area contributed by atoms with Gasteiger partial charge < -0.3 is 4.90 Å². The number of fused-ring (bicyclic) bond motifs is 1. The van der Waals surface area contributed by atoms with E-state index < -0.39 is 0 Å². The van der Waals surface area contributed by atoms with Crippen molar-refractivity contribution in [3.05, 3.63) is 11.8 Å². The maximum Gasteiger partial charge on any atom is 0.0238 e. The smallest absolute Gasteiger partial charge is 0.0238 e. The first kappa shape index (κ1) is 8.57. The molecule has 64 valence electrons. The Morgan fingerprint density at radius 1 is 1.64 bits per heavy atom. The molecule has 0 unspecified atom stereocenters. The molecule has 2 aliphatic rings. The molecule has 0 aromatic heterocycles. The van der Waals surface area contributed by atoms with Crippen molar-refractivity contribution in [3.8, 4) is 0 Å². The molecule has 11 heavy (non-hydrogen) atoms. The molecule has 0 aromatic rings. The maximum absolute atomic E-state index is 2.55. The minimum Gasteiger partial charge on any atom is -0.374 e.